The third kappa shape index (κ3) is 3.25. The van der Waals surface area contributed by atoms with E-state index in [1.807, 2.05) is 19.9 Å². The third-order valence-electron chi connectivity index (χ3n) is 2.68. The zero-order valence-corrected chi connectivity index (χ0v) is 12.0. The number of benzene rings is 1. The Hall–Kier alpha value is -1.58. The lowest BCUT2D eigenvalue weighted by Gasteiger charge is -2.09. The van der Waals surface area contributed by atoms with Crippen LogP contribution >= 0.6 is 23.2 Å². The zero-order chi connectivity index (χ0) is 14.0. The Kier molecular flexibility index (Phi) is 4.08. The first kappa shape index (κ1) is 13.8. The largest absolute Gasteiger partial charge is 0.322 e. The number of anilines is 1. The number of halogens is 2. The number of nitrogens with zero attached hydrogens (tertiary/aromatic N) is 1. The normalized spacial score (nSPS) is 10.3. The maximum Gasteiger partial charge on any atom is 0.258 e. The van der Waals surface area contributed by atoms with E-state index < -0.39 is 0 Å². The van der Waals surface area contributed by atoms with Crippen molar-refractivity contribution in [2.75, 3.05) is 5.32 Å². The number of carbonyl (C=O) groups excluding carboxylic acids is 1. The monoisotopic (exact) mass is 294 g/mol. The fourth-order valence-electron chi connectivity index (χ4n) is 1.61. The number of rotatable bonds is 2. The van der Waals surface area contributed by atoms with Crippen LogP contribution in [0.4, 0.5) is 5.69 Å². The summed E-state index contributed by atoms with van der Waals surface area (Å²) in [5.41, 5.74) is 2.69. The van der Waals surface area contributed by atoms with Gasteiger partial charge in [0.15, 0.2) is 0 Å². The molecule has 0 saturated heterocycles. The molecule has 3 nitrogen and oxygen atoms in total. The van der Waals surface area contributed by atoms with Gasteiger partial charge in [-0.2, -0.15) is 0 Å². The van der Waals surface area contributed by atoms with Crippen molar-refractivity contribution in [3.8, 4) is 0 Å². The lowest BCUT2D eigenvalue weighted by molar-refractivity contribution is 0.102. The Morgan fingerprint density at radius 3 is 2.63 bits per heavy atom. The van der Waals surface area contributed by atoms with Gasteiger partial charge >= 0.3 is 0 Å². The van der Waals surface area contributed by atoms with Crippen LogP contribution < -0.4 is 5.32 Å². The van der Waals surface area contributed by atoms with Crippen molar-refractivity contribution in [1.29, 1.82) is 0 Å². The molecule has 5 heteroatoms. The minimum absolute atomic E-state index is 0.303. The SMILES string of the molecule is Cc1cc(Cl)c(C(=O)Nc2cc(Cl)ccc2C)cn1. The van der Waals surface area contributed by atoms with E-state index in [0.717, 1.165) is 11.3 Å². The maximum absolute atomic E-state index is 12.1. The van der Waals surface area contributed by atoms with Gasteiger partial charge in [-0.15, -0.1) is 0 Å². The van der Waals surface area contributed by atoms with E-state index in [2.05, 4.69) is 10.3 Å². The van der Waals surface area contributed by atoms with E-state index in [4.69, 9.17) is 23.2 Å². The molecule has 0 unspecified atom stereocenters. The molecule has 0 radical (unpaired) electrons. The predicted molar refractivity (Wildman–Crippen MR) is 78.1 cm³/mol. The molecular formula is C14H12Cl2N2O. The standard InChI is InChI=1S/C14H12Cl2N2O/c1-8-3-4-10(15)6-13(8)18-14(19)11-7-17-9(2)5-12(11)16/h3-7H,1-2H3,(H,18,19). The quantitative estimate of drug-likeness (QED) is 0.899. The van der Waals surface area contributed by atoms with Crippen LogP contribution in [0.3, 0.4) is 0 Å². The smallest absolute Gasteiger partial charge is 0.258 e. The Bertz CT molecular complexity index is 641. The minimum Gasteiger partial charge on any atom is -0.322 e. The van der Waals surface area contributed by atoms with Gasteiger partial charge in [-0.1, -0.05) is 29.3 Å². The first-order valence-corrected chi connectivity index (χ1v) is 6.42. The van der Waals surface area contributed by atoms with Crippen molar-refractivity contribution in [2.45, 2.75) is 13.8 Å². The molecule has 2 rings (SSSR count). The number of nitrogens with one attached hydrogen (secondary N) is 1. The molecule has 0 aliphatic heterocycles. The zero-order valence-electron chi connectivity index (χ0n) is 10.5. The van der Waals surface area contributed by atoms with E-state index in [-0.39, 0.29) is 5.91 Å². The average molecular weight is 295 g/mol. The molecule has 1 amide bonds. The van der Waals surface area contributed by atoms with Crippen molar-refractivity contribution < 1.29 is 4.79 Å². The molecule has 0 fully saturated rings. The van der Waals surface area contributed by atoms with Crippen LogP contribution in [-0.2, 0) is 0 Å². The minimum atomic E-state index is -0.303. The van der Waals surface area contributed by atoms with E-state index in [1.165, 1.54) is 6.20 Å². The van der Waals surface area contributed by atoms with Crippen molar-refractivity contribution >= 4 is 34.8 Å². The van der Waals surface area contributed by atoms with Crippen LogP contribution in [-0.4, -0.2) is 10.9 Å². The summed E-state index contributed by atoms with van der Waals surface area (Å²) >= 11 is 11.9. The Labute approximate surface area is 121 Å². The molecule has 0 spiro atoms. The van der Waals surface area contributed by atoms with Gasteiger partial charge in [-0.3, -0.25) is 9.78 Å². The van der Waals surface area contributed by atoms with Crippen LogP contribution in [0.25, 0.3) is 0 Å². The Balaban J connectivity index is 2.28. The van der Waals surface area contributed by atoms with Gasteiger partial charge in [-0.25, -0.2) is 0 Å². The lowest BCUT2D eigenvalue weighted by atomic mass is 10.2. The molecule has 0 saturated carbocycles. The summed E-state index contributed by atoms with van der Waals surface area (Å²) in [6.07, 6.45) is 1.47. The number of pyridine rings is 1. The summed E-state index contributed by atoms with van der Waals surface area (Å²) in [5.74, 6) is -0.303. The molecular weight excluding hydrogens is 283 g/mol. The van der Waals surface area contributed by atoms with E-state index in [0.29, 0.717) is 21.3 Å². The summed E-state index contributed by atoms with van der Waals surface area (Å²) in [4.78, 5) is 16.2. The molecule has 0 aliphatic rings. The fraction of sp³-hybridized carbons (Fsp3) is 0.143. The number of aromatic nitrogens is 1. The van der Waals surface area contributed by atoms with Crippen LogP contribution in [0, 0.1) is 13.8 Å². The van der Waals surface area contributed by atoms with Gasteiger partial charge in [0.2, 0.25) is 0 Å². The molecule has 19 heavy (non-hydrogen) atoms. The van der Waals surface area contributed by atoms with Crippen molar-refractivity contribution in [3.63, 3.8) is 0 Å². The molecule has 0 atom stereocenters. The third-order valence-corrected chi connectivity index (χ3v) is 3.23. The van der Waals surface area contributed by atoms with Crippen LogP contribution in [0.5, 0.6) is 0 Å². The predicted octanol–water partition coefficient (Wildman–Crippen LogP) is 4.26. The summed E-state index contributed by atoms with van der Waals surface area (Å²) in [5, 5.41) is 3.72. The van der Waals surface area contributed by atoms with Crippen molar-refractivity contribution in [3.05, 3.63) is 57.3 Å². The second-order valence-corrected chi connectivity index (χ2v) is 5.06. The topological polar surface area (TPSA) is 42.0 Å². The van der Waals surface area contributed by atoms with E-state index in [1.54, 1.807) is 18.2 Å². The molecule has 1 N–H and O–H groups in total. The highest BCUT2D eigenvalue weighted by molar-refractivity contribution is 6.34. The fourth-order valence-corrected chi connectivity index (χ4v) is 2.08. The first-order valence-electron chi connectivity index (χ1n) is 5.67. The van der Waals surface area contributed by atoms with Gasteiger partial charge < -0.3 is 5.32 Å². The van der Waals surface area contributed by atoms with Crippen LogP contribution in [0.2, 0.25) is 10.0 Å². The van der Waals surface area contributed by atoms with Crippen LogP contribution in [0.1, 0.15) is 21.6 Å². The van der Waals surface area contributed by atoms with E-state index >= 15 is 0 Å². The van der Waals surface area contributed by atoms with Gasteiger partial charge in [0, 0.05) is 22.6 Å². The average Bonchev–Trinajstić information content (AvgIpc) is 2.33. The number of hydrogen-bond donors (Lipinski definition) is 1. The van der Waals surface area contributed by atoms with Gasteiger partial charge in [0.1, 0.15) is 0 Å². The highest BCUT2D eigenvalue weighted by Crippen LogP contribution is 2.22. The number of amides is 1. The number of carbonyl (C=O) groups is 1. The molecule has 0 bridgehead atoms. The lowest BCUT2D eigenvalue weighted by Crippen LogP contribution is -2.13. The molecule has 0 aliphatic carbocycles. The Morgan fingerprint density at radius 2 is 1.95 bits per heavy atom. The first-order chi connectivity index (χ1) is 8.97. The molecule has 2 aromatic rings. The second kappa shape index (κ2) is 5.59. The summed E-state index contributed by atoms with van der Waals surface area (Å²) < 4.78 is 0. The second-order valence-electron chi connectivity index (χ2n) is 4.22. The van der Waals surface area contributed by atoms with E-state index in [9.17, 15) is 4.79 Å². The summed E-state index contributed by atoms with van der Waals surface area (Å²) in [6, 6.07) is 6.96. The number of hydrogen-bond acceptors (Lipinski definition) is 2. The summed E-state index contributed by atoms with van der Waals surface area (Å²) in [7, 11) is 0. The molecule has 1 heterocycles. The van der Waals surface area contributed by atoms with Crippen LogP contribution in [0.15, 0.2) is 30.5 Å². The van der Waals surface area contributed by atoms with Crippen molar-refractivity contribution in [1.82, 2.24) is 4.98 Å². The summed E-state index contributed by atoms with van der Waals surface area (Å²) in [6.45, 7) is 3.70. The molecule has 98 valence electrons. The molecule has 1 aromatic heterocycles. The number of aryl methyl sites for hydroxylation is 2. The molecule has 1 aromatic carbocycles. The Morgan fingerprint density at radius 1 is 1.21 bits per heavy atom. The van der Waals surface area contributed by atoms with Gasteiger partial charge in [0.25, 0.3) is 5.91 Å². The highest BCUT2D eigenvalue weighted by Gasteiger charge is 2.12. The maximum atomic E-state index is 12.1. The van der Waals surface area contributed by atoms with Gasteiger partial charge in [0.05, 0.1) is 10.6 Å². The highest BCUT2D eigenvalue weighted by atomic mass is 35.5. The van der Waals surface area contributed by atoms with Gasteiger partial charge in [-0.05, 0) is 37.6 Å². The van der Waals surface area contributed by atoms with Crippen molar-refractivity contribution in [2.24, 2.45) is 0 Å².